The zero-order chi connectivity index (χ0) is 20.1. The molecule has 1 aromatic rings. The van der Waals surface area contributed by atoms with Gasteiger partial charge in [-0.2, -0.15) is 0 Å². The van der Waals surface area contributed by atoms with Crippen LogP contribution in [0.1, 0.15) is 37.7 Å². The molecule has 31 heavy (non-hydrogen) atoms. The minimum absolute atomic E-state index is 0. The molecular formula is C22H34Cl2N4O3. The maximum atomic E-state index is 12.7. The van der Waals surface area contributed by atoms with Crippen LogP contribution < -0.4 is 5.32 Å². The third-order valence-corrected chi connectivity index (χ3v) is 6.76. The number of amides is 2. The van der Waals surface area contributed by atoms with Crippen LogP contribution in [-0.2, 0) is 20.7 Å². The van der Waals surface area contributed by atoms with E-state index in [-0.39, 0.29) is 48.1 Å². The summed E-state index contributed by atoms with van der Waals surface area (Å²) < 4.78 is 5.46. The number of halogens is 2. The number of carbonyl (C=O) groups excluding carboxylic acids is 2. The zero-order valence-electron chi connectivity index (χ0n) is 18.0. The standard InChI is InChI=1S/C22H32N4O3.2ClH/c27-20-1-5-22(17-26(20)11-4-18-2-8-23-9-3-18)6-12-25(13-7-22)21(28)15-19-16-29-14-10-24-19;;/h2-3,8-9,19,24H,1,4-7,10-17H2;2*1H. The molecule has 4 heterocycles. The highest BCUT2D eigenvalue weighted by Gasteiger charge is 2.41. The summed E-state index contributed by atoms with van der Waals surface area (Å²) in [6, 6.07) is 4.17. The number of piperidine rings is 2. The van der Waals surface area contributed by atoms with Crippen molar-refractivity contribution in [3.63, 3.8) is 0 Å². The van der Waals surface area contributed by atoms with E-state index < -0.39 is 0 Å². The van der Waals surface area contributed by atoms with Gasteiger partial charge >= 0.3 is 0 Å². The van der Waals surface area contributed by atoms with Crippen LogP contribution in [0.3, 0.4) is 0 Å². The Kier molecular flexibility index (Phi) is 10.0. The highest BCUT2D eigenvalue weighted by Crippen LogP contribution is 2.40. The maximum Gasteiger partial charge on any atom is 0.224 e. The van der Waals surface area contributed by atoms with Crippen molar-refractivity contribution in [3.8, 4) is 0 Å². The molecule has 0 radical (unpaired) electrons. The van der Waals surface area contributed by atoms with E-state index in [1.807, 2.05) is 21.9 Å². The van der Waals surface area contributed by atoms with Gasteiger partial charge in [0.2, 0.25) is 11.8 Å². The molecule has 9 heteroatoms. The van der Waals surface area contributed by atoms with E-state index in [0.717, 1.165) is 65.0 Å². The minimum Gasteiger partial charge on any atom is -0.378 e. The lowest BCUT2D eigenvalue weighted by atomic mass is 9.72. The first-order chi connectivity index (χ1) is 14.1. The van der Waals surface area contributed by atoms with Gasteiger partial charge in [0, 0.05) is 64.0 Å². The molecule has 0 aliphatic carbocycles. The van der Waals surface area contributed by atoms with Crippen LogP contribution >= 0.6 is 24.8 Å². The number of aromatic nitrogens is 1. The second-order valence-corrected chi connectivity index (χ2v) is 8.73. The van der Waals surface area contributed by atoms with Crippen LogP contribution in [0.5, 0.6) is 0 Å². The average molecular weight is 473 g/mol. The van der Waals surface area contributed by atoms with E-state index in [2.05, 4.69) is 10.3 Å². The largest absolute Gasteiger partial charge is 0.378 e. The van der Waals surface area contributed by atoms with Crippen molar-refractivity contribution in [2.24, 2.45) is 5.41 Å². The average Bonchev–Trinajstić information content (AvgIpc) is 2.76. The van der Waals surface area contributed by atoms with E-state index >= 15 is 0 Å². The van der Waals surface area contributed by atoms with Crippen LogP contribution in [0.25, 0.3) is 0 Å². The molecule has 1 aromatic heterocycles. The lowest BCUT2D eigenvalue weighted by Gasteiger charge is -2.47. The number of hydrogen-bond donors (Lipinski definition) is 1. The van der Waals surface area contributed by atoms with Gasteiger partial charge in [-0.05, 0) is 48.8 Å². The number of morpholine rings is 1. The number of pyridine rings is 1. The summed E-state index contributed by atoms with van der Waals surface area (Å²) in [4.78, 5) is 33.3. The van der Waals surface area contributed by atoms with Crippen molar-refractivity contribution in [2.75, 3.05) is 45.9 Å². The molecule has 1 spiro atoms. The van der Waals surface area contributed by atoms with E-state index in [1.165, 1.54) is 5.56 Å². The summed E-state index contributed by atoms with van der Waals surface area (Å²) in [6.07, 6.45) is 8.56. The number of nitrogens with zero attached hydrogens (tertiary/aromatic N) is 3. The van der Waals surface area contributed by atoms with Crippen LogP contribution in [0.15, 0.2) is 24.5 Å². The first kappa shape index (κ1) is 25.8. The molecule has 174 valence electrons. The molecule has 3 aliphatic rings. The van der Waals surface area contributed by atoms with Crippen LogP contribution in [0.4, 0.5) is 0 Å². The van der Waals surface area contributed by atoms with Gasteiger partial charge in [0.25, 0.3) is 0 Å². The number of ether oxygens (including phenoxy) is 1. The number of carbonyl (C=O) groups is 2. The molecule has 3 aliphatic heterocycles. The number of hydrogen-bond acceptors (Lipinski definition) is 5. The molecule has 3 fully saturated rings. The first-order valence-corrected chi connectivity index (χ1v) is 10.9. The van der Waals surface area contributed by atoms with Gasteiger partial charge in [-0.25, -0.2) is 0 Å². The molecule has 3 saturated heterocycles. The fourth-order valence-electron chi connectivity index (χ4n) is 4.85. The van der Waals surface area contributed by atoms with Crippen molar-refractivity contribution in [2.45, 2.75) is 44.6 Å². The monoisotopic (exact) mass is 472 g/mol. The molecule has 1 unspecified atom stereocenters. The Labute approximate surface area is 197 Å². The second-order valence-electron chi connectivity index (χ2n) is 8.73. The van der Waals surface area contributed by atoms with Crippen molar-refractivity contribution in [1.82, 2.24) is 20.1 Å². The summed E-state index contributed by atoms with van der Waals surface area (Å²) >= 11 is 0. The Hall–Kier alpha value is -1.41. The highest BCUT2D eigenvalue weighted by atomic mass is 35.5. The summed E-state index contributed by atoms with van der Waals surface area (Å²) in [5, 5.41) is 3.36. The third kappa shape index (κ3) is 6.78. The Morgan fingerprint density at radius 1 is 1.19 bits per heavy atom. The van der Waals surface area contributed by atoms with Gasteiger partial charge < -0.3 is 19.9 Å². The van der Waals surface area contributed by atoms with Crippen LogP contribution in [-0.4, -0.2) is 78.6 Å². The summed E-state index contributed by atoms with van der Waals surface area (Å²) in [5.74, 6) is 0.496. The Morgan fingerprint density at radius 2 is 1.94 bits per heavy atom. The number of nitrogens with one attached hydrogen (secondary N) is 1. The normalized spacial score (nSPS) is 23.1. The van der Waals surface area contributed by atoms with Gasteiger partial charge in [-0.1, -0.05) is 0 Å². The van der Waals surface area contributed by atoms with Gasteiger partial charge in [0.05, 0.1) is 13.2 Å². The zero-order valence-corrected chi connectivity index (χ0v) is 19.6. The van der Waals surface area contributed by atoms with Crippen molar-refractivity contribution < 1.29 is 14.3 Å². The predicted octanol–water partition coefficient (Wildman–Crippen LogP) is 2.08. The lowest BCUT2D eigenvalue weighted by Crippen LogP contribution is -2.53. The van der Waals surface area contributed by atoms with Crippen molar-refractivity contribution >= 4 is 36.6 Å². The Balaban J connectivity index is 0.00000171. The summed E-state index contributed by atoms with van der Waals surface area (Å²) in [7, 11) is 0. The van der Waals surface area contributed by atoms with E-state index in [0.29, 0.717) is 19.4 Å². The van der Waals surface area contributed by atoms with E-state index in [9.17, 15) is 9.59 Å². The van der Waals surface area contributed by atoms with Gasteiger partial charge in [-0.3, -0.25) is 14.6 Å². The van der Waals surface area contributed by atoms with Gasteiger partial charge in [0.15, 0.2) is 0 Å². The second kappa shape index (κ2) is 12.0. The molecular weight excluding hydrogens is 439 g/mol. The molecule has 7 nitrogen and oxygen atoms in total. The van der Waals surface area contributed by atoms with Crippen LogP contribution in [0.2, 0.25) is 0 Å². The van der Waals surface area contributed by atoms with E-state index in [4.69, 9.17) is 4.74 Å². The highest BCUT2D eigenvalue weighted by molar-refractivity contribution is 5.85. The lowest BCUT2D eigenvalue weighted by molar-refractivity contribution is -0.142. The maximum absolute atomic E-state index is 12.7. The number of likely N-dealkylation sites (tertiary alicyclic amines) is 2. The molecule has 2 amide bonds. The third-order valence-electron chi connectivity index (χ3n) is 6.76. The SMILES string of the molecule is Cl.Cl.O=C(CC1COCCN1)N1CCC2(CCC(=O)N(CCc3ccncc3)C2)CC1. The van der Waals surface area contributed by atoms with Gasteiger partial charge in [0.1, 0.15) is 0 Å². The fraction of sp³-hybridized carbons (Fsp3) is 0.682. The first-order valence-electron chi connectivity index (χ1n) is 10.9. The van der Waals surface area contributed by atoms with Crippen LogP contribution in [0, 0.1) is 5.41 Å². The molecule has 0 bridgehead atoms. The van der Waals surface area contributed by atoms with Crippen molar-refractivity contribution in [1.29, 1.82) is 0 Å². The minimum atomic E-state index is 0. The molecule has 1 N–H and O–H groups in total. The molecule has 0 aromatic carbocycles. The Morgan fingerprint density at radius 3 is 2.61 bits per heavy atom. The molecule has 0 saturated carbocycles. The van der Waals surface area contributed by atoms with E-state index in [1.54, 1.807) is 12.4 Å². The molecule has 1 atom stereocenters. The fourth-order valence-corrected chi connectivity index (χ4v) is 4.85. The van der Waals surface area contributed by atoms with Crippen molar-refractivity contribution in [3.05, 3.63) is 30.1 Å². The van der Waals surface area contributed by atoms with Gasteiger partial charge in [-0.15, -0.1) is 24.8 Å². The summed E-state index contributed by atoms with van der Waals surface area (Å²) in [6.45, 7) is 5.38. The molecule has 4 rings (SSSR count). The quantitative estimate of drug-likeness (QED) is 0.709. The smallest absolute Gasteiger partial charge is 0.224 e. The topological polar surface area (TPSA) is 74.8 Å². The Bertz CT molecular complexity index is 708. The summed E-state index contributed by atoms with van der Waals surface area (Å²) in [5.41, 5.74) is 1.39. The number of rotatable bonds is 5. The predicted molar refractivity (Wildman–Crippen MR) is 124 cm³/mol.